The van der Waals surface area contributed by atoms with Crippen LogP contribution in [0.3, 0.4) is 0 Å². The lowest BCUT2D eigenvalue weighted by atomic mass is 9.74. The van der Waals surface area contributed by atoms with Crippen molar-refractivity contribution in [2.45, 2.75) is 23.4 Å². The summed E-state index contributed by atoms with van der Waals surface area (Å²) in [6, 6.07) is 18.5. The second kappa shape index (κ2) is 5.85. The molecule has 3 aliphatic heterocycles. The van der Waals surface area contributed by atoms with Crippen LogP contribution >= 0.6 is 11.8 Å². The van der Waals surface area contributed by atoms with Crippen molar-refractivity contribution in [3.63, 3.8) is 0 Å². The van der Waals surface area contributed by atoms with Crippen LogP contribution in [0.5, 0.6) is 0 Å². The summed E-state index contributed by atoms with van der Waals surface area (Å²) in [5.41, 5.74) is 0.180. The Labute approximate surface area is 166 Å². The number of carbonyl (C=O) groups excluding carboxylic acids is 3. The van der Waals surface area contributed by atoms with Crippen molar-refractivity contribution < 1.29 is 19.1 Å². The van der Waals surface area contributed by atoms with Crippen molar-refractivity contribution >= 4 is 29.7 Å². The van der Waals surface area contributed by atoms with Crippen LogP contribution in [-0.4, -0.2) is 45.5 Å². The van der Waals surface area contributed by atoms with Gasteiger partial charge in [-0.25, -0.2) is 9.69 Å². The van der Waals surface area contributed by atoms with E-state index in [0.29, 0.717) is 12.1 Å². The third kappa shape index (κ3) is 1.92. The number of cyclic esters (lactones) is 1. The van der Waals surface area contributed by atoms with Crippen molar-refractivity contribution in [1.82, 2.24) is 9.80 Å². The standard InChI is InChI=1S/C21H18N2O4S/c1-20(23-17(24)16(27-19(23)26)14-8-4-2-5-9-14)18(25)22-12-13-28-21(20,22)15-10-6-3-7-11-15/h2-11,16H,12-13H2,1H3/t16-,20-,21+/m0/s1. The molecule has 0 aromatic heterocycles. The van der Waals surface area contributed by atoms with E-state index in [9.17, 15) is 14.4 Å². The topological polar surface area (TPSA) is 66.9 Å². The molecule has 142 valence electrons. The van der Waals surface area contributed by atoms with Gasteiger partial charge < -0.3 is 9.64 Å². The van der Waals surface area contributed by atoms with Gasteiger partial charge in [0.2, 0.25) is 6.10 Å². The van der Waals surface area contributed by atoms with E-state index in [0.717, 1.165) is 16.2 Å². The van der Waals surface area contributed by atoms with Gasteiger partial charge in [-0.1, -0.05) is 60.7 Å². The monoisotopic (exact) mass is 394 g/mol. The Morgan fingerprint density at radius 2 is 1.64 bits per heavy atom. The number of benzene rings is 2. The smallest absolute Gasteiger partial charge is 0.418 e. The molecular formula is C21H18N2O4S. The molecule has 3 amide bonds. The number of thioether (sulfide) groups is 1. The zero-order valence-corrected chi connectivity index (χ0v) is 16.0. The number of fused-ring (bicyclic) bond motifs is 1. The second-order valence-corrected chi connectivity index (χ2v) is 8.52. The van der Waals surface area contributed by atoms with E-state index in [4.69, 9.17) is 4.74 Å². The van der Waals surface area contributed by atoms with E-state index in [2.05, 4.69) is 0 Å². The van der Waals surface area contributed by atoms with Crippen molar-refractivity contribution in [1.29, 1.82) is 0 Å². The molecule has 2 aromatic carbocycles. The van der Waals surface area contributed by atoms with Gasteiger partial charge in [-0.2, -0.15) is 0 Å². The largest absolute Gasteiger partial charge is 0.431 e. The van der Waals surface area contributed by atoms with Crippen LogP contribution < -0.4 is 0 Å². The van der Waals surface area contributed by atoms with Gasteiger partial charge in [0.15, 0.2) is 5.54 Å². The molecule has 0 saturated carbocycles. The van der Waals surface area contributed by atoms with E-state index in [1.165, 1.54) is 0 Å². The highest BCUT2D eigenvalue weighted by Crippen LogP contribution is 2.63. The Bertz CT molecular complexity index is 982. The summed E-state index contributed by atoms with van der Waals surface area (Å²) in [6.07, 6.45) is -1.79. The fourth-order valence-electron chi connectivity index (χ4n) is 4.61. The number of imide groups is 1. The number of rotatable bonds is 3. The van der Waals surface area contributed by atoms with Gasteiger partial charge >= 0.3 is 6.09 Å². The quantitative estimate of drug-likeness (QED) is 0.749. The van der Waals surface area contributed by atoms with Crippen LogP contribution in [0.25, 0.3) is 0 Å². The minimum absolute atomic E-state index is 0.222. The summed E-state index contributed by atoms with van der Waals surface area (Å²) in [4.78, 5) is 41.3. The molecule has 3 atom stereocenters. The molecule has 0 bridgehead atoms. The molecule has 0 radical (unpaired) electrons. The first-order valence-corrected chi connectivity index (χ1v) is 10.1. The van der Waals surface area contributed by atoms with Crippen LogP contribution in [0.15, 0.2) is 60.7 Å². The molecule has 7 heteroatoms. The number of nitrogens with zero attached hydrogens (tertiary/aromatic N) is 2. The summed E-state index contributed by atoms with van der Waals surface area (Å²) in [5, 5.41) is 0. The summed E-state index contributed by atoms with van der Waals surface area (Å²) in [6.45, 7) is 2.27. The fourth-order valence-corrected chi connectivity index (χ4v) is 6.27. The zero-order chi connectivity index (χ0) is 19.5. The lowest BCUT2D eigenvalue weighted by molar-refractivity contribution is -0.178. The van der Waals surface area contributed by atoms with Crippen LogP contribution in [0.4, 0.5) is 4.79 Å². The average Bonchev–Trinajstić information content (AvgIpc) is 3.28. The first kappa shape index (κ1) is 17.3. The number of ether oxygens (including phenoxy) is 1. The molecule has 2 aromatic rings. The van der Waals surface area contributed by atoms with Crippen LogP contribution in [-0.2, 0) is 19.2 Å². The number of amides is 3. The van der Waals surface area contributed by atoms with E-state index >= 15 is 0 Å². The minimum atomic E-state index is -1.33. The van der Waals surface area contributed by atoms with E-state index < -0.39 is 28.5 Å². The summed E-state index contributed by atoms with van der Waals surface area (Å²) in [7, 11) is 0. The summed E-state index contributed by atoms with van der Waals surface area (Å²) < 4.78 is 5.43. The second-order valence-electron chi connectivity index (χ2n) is 7.24. The maximum Gasteiger partial charge on any atom is 0.418 e. The summed E-state index contributed by atoms with van der Waals surface area (Å²) in [5.74, 6) is 0.0324. The van der Waals surface area contributed by atoms with Crippen molar-refractivity contribution in [3.05, 3.63) is 71.8 Å². The Hall–Kier alpha value is -2.80. The van der Waals surface area contributed by atoms with Gasteiger partial charge in [-0.3, -0.25) is 9.59 Å². The number of hydrogen-bond acceptors (Lipinski definition) is 5. The molecule has 3 saturated heterocycles. The molecule has 0 spiro atoms. The molecule has 3 heterocycles. The molecule has 3 fully saturated rings. The number of β-lactam (4-membered cyclic amide) rings is 1. The van der Waals surface area contributed by atoms with Gasteiger partial charge in [-0.15, -0.1) is 11.8 Å². The highest BCUT2D eigenvalue weighted by molar-refractivity contribution is 8.00. The molecule has 5 rings (SSSR count). The molecule has 6 nitrogen and oxygen atoms in total. The zero-order valence-electron chi connectivity index (χ0n) is 15.2. The van der Waals surface area contributed by atoms with Crippen LogP contribution in [0, 0.1) is 0 Å². The fraction of sp³-hybridized carbons (Fsp3) is 0.286. The van der Waals surface area contributed by atoms with Crippen molar-refractivity contribution in [2.75, 3.05) is 12.3 Å². The van der Waals surface area contributed by atoms with Gasteiger partial charge in [-0.05, 0) is 12.5 Å². The van der Waals surface area contributed by atoms with Crippen molar-refractivity contribution in [2.24, 2.45) is 0 Å². The third-order valence-electron chi connectivity index (χ3n) is 5.89. The number of carbonyl (C=O) groups is 3. The molecular weight excluding hydrogens is 376 g/mol. The third-order valence-corrected chi connectivity index (χ3v) is 7.55. The molecule has 0 unspecified atom stereocenters. The van der Waals surface area contributed by atoms with E-state index in [1.807, 2.05) is 36.4 Å². The maximum absolute atomic E-state index is 13.3. The normalized spacial score (nSPS) is 31.6. The van der Waals surface area contributed by atoms with E-state index in [1.54, 1.807) is 47.9 Å². The Morgan fingerprint density at radius 3 is 2.32 bits per heavy atom. The van der Waals surface area contributed by atoms with Gasteiger partial charge in [0, 0.05) is 17.9 Å². The number of hydrogen-bond donors (Lipinski definition) is 0. The first-order chi connectivity index (χ1) is 13.5. The highest BCUT2D eigenvalue weighted by Gasteiger charge is 2.77. The van der Waals surface area contributed by atoms with Gasteiger partial charge in [0.1, 0.15) is 4.87 Å². The Kier molecular flexibility index (Phi) is 3.61. The van der Waals surface area contributed by atoms with Crippen LogP contribution in [0.2, 0.25) is 0 Å². The minimum Gasteiger partial charge on any atom is -0.431 e. The van der Waals surface area contributed by atoms with Crippen LogP contribution in [0.1, 0.15) is 24.2 Å². The highest BCUT2D eigenvalue weighted by atomic mass is 32.2. The van der Waals surface area contributed by atoms with Gasteiger partial charge in [0.25, 0.3) is 11.8 Å². The molecule has 0 aliphatic carbocycles. The van der Waals surface area contributed by atoms with E-state index in [-0.39, 0.29) is 5.91 Å². The molecule has 3 aliphatic rings. The maximum atomic E-state index is 13.3. The Balaban J connectivity index is 1.60. The molecule has 28 heavy (non-hydrogen) atoms. The predicted octanol–water partition coefficient (Wildman–Crippen LogP) is 2.91. The average molecular weight is 394 g/mol. The summed E-state index contributed by atoms with van der Waals surface area (Å²) >= 11 is 1.59. The Morgan fingerprint density at radius 1 is 1.00 bits per heavy atom. The first-order valence-electron chi connectivity index (χ1n) is 9.13. The SMILES string of the molecule is C[C@]1(N2C(=O)O[C@@H](c3ccccc3)C2=O)C(=O)N2CCS[C@@]21c1ccccc1. The molecule has 0 N–H and O–H groups in total. The lowest BCUT2D eigenvalue weighted by Gasteiger charge is -2.61. The predicted molar refractivity (Wildman–Crippen MR) is 103 cm³/mol. The van der Waals surface area contributed by atoms with Gasteiger partial charge in [0.05, 0.1) is 0 Å². The van der Waals surface area contributed by atoms with Crippen molar-refractivity contribution in [3.8, 4) is 0 Å². The lowest BCUT2D eigenvalue weighted by Crippen LogP contribution is -2.82.